The van der Waals surface area contributed by atoms with Gasteiger partial charge in [0.15, 0.2) is 0 Å². The van der Waals surface area contributed by atoms with Crippen molar-refractivity contribution in [3.63, 3.8) is 0 Å². The minimum Gasteiger partial charge on any atom is -0.342 e. The van der Waals surface area contributed by atoms with Gasteiger partial charge in [-0.3, -0.25) is 14.3 Å². The Bertz CT molecular complexity index is 1050. The van der Waals surface area contributed by atoms with Crippen LogP contribution in [0.15, 0.2) is 67.0 Å². The van der Waals surface area contributed by atoms with Crippen LogP contribution in [0.1, 0.15) is 24.8 Å². The van der Waals surface area contributed by atoms with Crippen molar-refractivity contribution in [3.05, 3.63) is 72.6 Å². The number of nitrogens with one attached hydrogen (secondary N) is 1. The Morgan fingerprint density at radius 2 is 1.90 bits per heavy atom. The molecule has 31 heavy (non-hydrogen) atoms. The lowest BCUT2D eigenvalue weighted by Crippen LogP contribution is -2.44. The molecule has 6 nitrogen and oxygen atoms in total. The predicted molar refractivity (Wildman–Crippen MR) is 121 cm³/mol. The van der Waals surface area contributed by atoms with Crippen LogP contribution >= 0.6 is 0 Å². The van der Waals surface area contributed by atoms with E-state index in [0.29, 0.717) is 26.1 Å². The van der Waals surface area contributed by atoms with Crippen molar-refractivity contribution in [3.8, 4) is 11.1 Å². The fourth-order valence-electron chi connectivity index (χ4n) is 4.06. The Morgan fingerprint density at radius 1 is 1.10 bits per heavy atom. The molecule has 6 heteroatoms. The second-order valence-electron chi connectivity index (χ2n) is 8.14. The highest BCUT2D eigenvalue weighted by Crippen LogP contribution is 2.25. The van der Waals surface area contributed by atoms with E-state index in [0.717, 1.165) is 29.7 Å². The fourth-order valence-corrected chi connectivity index (χ4v) is 4.06. The van der Waals surface area contributed by atoms with E-state index in [9.17, 15) is 9.59 Å². The average molecular weight is 417 g/mol. The molecule has 0 bridgehead atoms. The molecule has 3 aromatic rings. The summed E-state index contributed by atoms with van der Waals surface area (Å²) < 4.78 is 1.76. The smallest absolute Gasteiger partial charge is 0.229 e. The quantitative estimate of drug-likeness (QED) is 0.657. The summed E-state index contributed by atoms with van der Waals surface area (Å²) in [4.78, 5) is 27.3. The van der Waals surface area contributed by atoms with E-state index in [4.69, 9.17) is 0 Å². The first-order valence-electron chi connectivity index (χ1n) is 10.8. The number of rotatable bonds is 6. The summed E-state index contributed by atoms with van der Waals surface area (Å²) in [6, 6.07) is 18.1. The molecule has 4 rings (SSSR count). The lowest BCUT2D eigenvalue weighted by molar-refractivity contribution is -0.134. The lowest BCUT2D eigenvalue weighted by atomic mass is 9.96. The predicted octanol–water partition coefficient (Wildman–Crippen LogP) is 4.13. The molecule has 2 amide bonds. The summed E-state index contributed by atoms with van der Waals surface area (Å²) in [6.45, 7) is 3.82. The van der Waals surface area contributed by atoms with Gasteiger partial charge in [0.2, 0.25) is 11.8 Å². The van der Waals surface area contributed by atoms with E-state index in [1.54, 1.807) is 10.9 Å². The Morgan fingerprint density at radius 3 is 2.68 bits per heavy atom. The van der Waals surface area contributed by atoms with E-state index < -0.39 is 0 Å². The van der Waals surface area contributed by atoms with Gasteiger partial charge in [0.25, 0.3) is 0 Å². The van der Waals surface area contributed by atoms with Gasteiger partial charge in [0, 0.05) is 44.1 Å². The van der Waals surface area contributed by atoms with Crippen LogP contribution in [-0.4, -0.2) is 39.6 Å². The minimum absolute atomic E-state index is 0.0223. The van der Waals surface area contributed by atoms with Crippen molar-refractivity contribution < 1.29 is 9.59 Å². The van der Waals surface area contributed by atoms with E-state index in [1.165, 1.54) is 5.56 Å². The van der Waals surface area contributed by atoms with Gasteiger partial charge >= 0.3 is 0 Å². The maximum Gasteiger partial charge on any atom is 0.229 e. The maximum atomic E-state index is 12.9. The number of hydrogen-bond acceptors (Lipinski definition) is 3. The monoisotopic (exact) mass is 416 g/mol. The van der Waals surface area contributed by atoms with Crippen LogP contribution in [0.25, 0.3) is 11.1 Å². The minimum atomic E-state index is -0.190. The highest BCUT2D eigenvalue weighted by atomic mass is 16.2. The third kappa shape index (κ3) is 5.40. The Balaban J connectivity index is 1.36. The molecule has 0 spiro atoms. The Kier molecular flexibility index (Phi) is 6.46. The number of amides is 2. The molecule has 0 aliphatic carbocycles. The molecule has 1 aliphatic heterocycles. The normalized spacial score (nSPS) is 16.2. The SMILES string of the molecule is Cc1cccc(-c2cccc(NC(=O)C3CCCN(C(=O)CCn4cccn4)C3)c2)c1. The molecule has 0 radical (unpaired) electrons. The molecule has 2 aromatic carbocycles. The van der Waals surface area contributed by atoms with Crippen molar-refractivity contribution in [2.45, 2.75) is 32.7 Å². The summed E-state index contributed by atoms with van der Waals surface area (Å²) in [5.74, 6) is -0.134. The van der Waals surface area contributed by atoms with Crippen LogP contribution in [-0.2, 0) is 16.1 Å². The Labute approximate surface area is 182 Å². The third-order valence-corrected chi connectivity index (χ3v) is 5.74. The Hall–Kier alpha value is -3.41. The molecule has 2 heterocycles. The van der Waals surface area contributed by atoms with Crippen LogP contribution in [0.2, 0.25) is 0 Å². The second-order valence-corrected chi connectivity index (χ2v) is 8.14. The zero-order valence-corrected chi connectivity index (χ0v) is 17.8. The van der Waals surface area contributed by atoms with Crippen LogP contribution in [0.5, 0.6) is 0 Å². The summed E-state index contributed by atoms with van der Waals surface area (Å²) in [7, 11) is 0. The van der Waals surface area contributed by atoms with Crippen LogP contribution in [0.3, 0.4) is 0 Å². The number of anilines is 1. The molecule has 1 N–H and O–H groups in total. The number of carbonyl (C=O) groups is 2. The van der Waals surface area contributed by atoms with E-state index in [-0.39, 0.29) is 17.7 Å². The first-order chi connectivity index (χ1) is 15.1. The summed E-state index contributed by atoms with van der Waals surface area (Å²) in [5.41, 5.74) is 4.18. The number of likely N-dealkylation sites (tertiary alicyclic amines) is 1. The van der Waals surface area contributed by atoms with Crippen molar-refractivity contribution >= 4 is 17.5 Å². The number of carbonyl (C=O) groups excluding carboxylic acids is 2. The van der Waals surface area contributed by atoms with Gasteiger partial charge in [0.05, 0.1) is 5.92 Å². The molecule has 160 valence electrons. The zero-order valence-electron chi connectivity index (χ0n) is 17.8. The van der Waals surface area contributed by atoms with E-state index in [2.05, 4.69) is 35.5 Å². The first kappa shape index (κ1) is 20.8. The highest BCUT2D eigenvalue weighted by Gasteiger charge is 2.28. The standard InChI is InChI=1S/C25H28N4O2/c1-19-6-2-7-20(16-19)21-8-3-10-23(17-21)27-25(31)22-9-4-13-28(18-22)24(30)11-15-29-14-5-12-26-29/h2-3,5-8,10,12,14,16-17,22H,4,9,11,13,15,18H2,1H3,(H,27,31). The number of nitrogens with zero attached hydrogens (tertiary/aromatic N) is 3. The van der Waals surface area contributed by atoms with Crippen LogP contribution in [0.4, 0.5) is 5.69 Å². The molecule has 1 saturated heterocycles. The molecular formula is C25H28N4O2. The summed E-state index contributed by atoms with van der Waals surface area (Å²) >= 11 is 0. The molecule has 1 aromatic heterocycles. The van der Waals surface area contributed by atoms with E-state index >= 15 is 0 Å². The molecule has 0 saturated carbocycles. The number of piperidine rings is 1. The molecule has 1 fully saturated rings. The van der Waals surface area contributed by atoms with Crippen molar-refractivity contribution in [1.82, 2.24) is 14.7 Å². The van der Waals surface area contributed by atoms with Gasteiger partial charge in [-0.25, -0.2) is 0 Å². The second kappa shape index (κ2) is 9.60. The number of aromatic nitrogens is 2. The molecule has 1 unspecified atom stereocenters. The topological polar surface area (TPSA) is 67.2 Å². The summed E-state index contributed by atoms with van der Waals surface area (Å²) in [5, 5.41) is 7.20. The summed E-state index contributed by atoms with van der Waals surface area (Å²) in [6.07, 6.45) is 5.60. The highest BCUT2D eigenvalue weighted by molar-refractivity contribution is 5.93. The van der Waals surface area contributed by atoms with Crippen molar-refractivity contribution in [2.75, 3.05) is 18.4 Å². The van der Waals surface area contributed by atoms with Crippen molar-refractivity contribution in [2.24, 2.45) is 5.92 Å². The van der Waals surface area contributed by atoms with Crippen molar-refractivity contribution in [1.29, 1.82) is 0 Å². The molecule has 1 aliphatic rings. The third-order valence-electron chi connectivity index (χ3n) is 5.74. The molecular weight excluding hydrogens is 388 g/mol. The van der Waals surface area contributed by atoms with Crippen LogP contribution < -0.4 is 5.32 Å². The molecule has 1 atom stereocenters. The average Bonchev–Trinajstić information content (AvgIpc) is 3.31. The zero-order chi connectivity index (χ0) is 21.6. The fraction of sp³-hybridized carbons (Fsp3) is 0.320. The number of benzene rings is 2. The van der Waals surface area contributed by atoms with Gasteiger partial charge in [0.1, 0.15) is 0 Å². The van der Waals surface area contributed by atoms with Gasteiger partial charge in [-0.05, 0) is 49.1 Å². The first-order valence-corrected chi connectivity index (χ1v) is 10.8. The number of aryl methyl sites for hydroxylation is 2. The van der Waals surface area contributed by atoms with Gasteiger partial charge in [-0.1, -0.05) is 42.0 Å². The maximum absolute atomic E-state index is 12.9. The largest absolute Gasteiger partial charge is 0.342 e. The van der Waals surface area contributed by atoms with Gasteiger partial charge < -0.3 is 10.2 Å². The lowest BCUT2D eigenvalue weighted by Gasteiger charge is -2.32. The number of hydrogen-bond donors (Lipinski definition) is 1. The van der Waals surface area contributed by atoms with E-state index in [1.807, 2.05) is 47.5 Å². The van der Waals surface area contributed by atoms with Gasteiger partial charge in [-0.15, -0.1) is 0 Å². The van der Waals surface area contributed by atoms with Gasteiger partial charge in [-0.2, -0.15) is 5.10 Å². The van der Waals surface area contributed by atoms with Crippen LogP contribution in [0, 0.1) is 12.8 Å².